The Morgan fingerprint density at radius 2 is 1.44 bits per heavy atom. The van der Waals surface area contributed by atoms with Crippen LogP contribution in [-0.4, -0.2) is 92.8 Å². The number of rotatable bonds is 29. The first-order chi connectivity index (χ1) is 27.6. The first-order valence-corrected chi connectivity index (χ1v) is 21.7. The molecule has 2 aromatic rings. The number of nitrogens with two attached hydrogens (primary N) is 1. The number of aromatic nitrogens is 3. The number of carbonyl (C=O) groups is 2. The highest BCUT2D eigenvalue weighted by atomic mass is 31.2. The highest BCUT2D eigenvalue weighted by Gasteiger charge is 2.45. The number of para-hydroxylation sites is 1. The Hall–Kier alpha value is -4.23. The van der Waals surface area contributed by atoms with Crippen molar-refractivity contribution in [3.05, 3.63) is 115 Å². The standard InChI is InChI=1S/C43H62N5O8P/c1-3-4-5-6-7-8-9-10-11-12-13-14-15-16-17-18-19-20-22-27-36(49)28-25-31-47(2)32-26-33-57(53,56-37-29-23-21-24-30-37)54-34-38-39(50)40(51)43(55-38)48-35-45-42(46-48)41(44)52/h4-5,7-8,10-11,13-14,16-17,19-21,23-24,29-30,35,38-40,43,50-51H,3,6,9,12,15,18,22,25-28,31-34H2,1-2H3,(H2,44,52)/b5-4-,8-7-,11-10-,14-13-,17-16-,20-19-/t38?,39-,40-,43-,57?/m1/s1. The molecule has 2 unspecified atom stereocenters. The Labute approximate surface area is 338 Å². The van der Waals surface area contributed by atoms with Crippen molar-refractivity contribution in [3.8, 4) is 5.75 Å². The van der Waals surface area contributed by atoms with E-state index in [1.54, 1.807) is 24.3 Å². The zero-order valence-corrected chi connectivity index (χ0v) is 34.4. The van der Waals surface area contributed by atoms with Gasteiger partial charge in [0.1, 0.15) is 36.2 Å². The van der Waals surface area contributed by atoms with Crippen molar-refractivity contribution in [3.63, 3.8) is 0 Å². The lowest BCUT2D eigenvalue weighted by Gasteiger charge is -2.23. The molecule has 13 nitrogen and oxygen atoms in total. The third-order valence-electron chi connectivity index (χ3n) is 8.90. The fourth-order valence-electron chi connectivity index (χ4n) is 5.76. The molecule has 0 spiro atoms. The van der Waals surface area contributed by atoms with Gasteiger partial charge in [0.25, 0.3) is 5.91 Å². The van der Waals surface area contributed by atoms with Crippen LogP contribution in [0.25, 0.3) is 0 Å². The van der Waals surface area contributed by atoms with Crippen LogP contribution in [0.1, 0.15) is 94.4 Å². The zero-order chi connectivity index (χ0) is 41.1. The van der Waals surface area contributed by atoms with Crippen LogP contribution in [0.5, 0.6) is 5.75 Å². The topological polar surface area (TPSA) is 179 Å². The summed E-state index contributed by atoms with van der Waals surface area (Å²) in [6.07, 6.45) is 30.9. The summed E-state index contributed by atoms with van der Waals surface area (Å²) in [6, 6.07) is 8.65. The monoisotopic (exact) mass is 807 g/mol. The number of ether oxygens (including phenoxy) is 1. The molecule has 0 saturated carbocycles. The minimum atomic E-state index is -3.75. The number of primary amides is 1. The van der Waals surface area contributed by atoms with E-state index in [1.165, 1.54) is 0 Å². The molecule has 5 atom stereocenters. The summed E-state index contributed by atoms with van der Waals surface area (Å²) in [4.78, 5) is 29.7. The van der Waals surface area contributed by atoms with Crippen LogP contribution < -0.4 is 10.3 Å². The first kappa shape index (κ1) is 47.1. The number of hydrogen-bond acceptors (Lipinski definition) is 11. The lowest BCUT2D eigenvalue weighted by molar-refractivity contribution is -0.119. The van der Waals surface area contributed by atoms with Gasteiger partial charge in [0.15, 0.2) is 6.23 Å². The van der Waals surface area contributed by atoms with Gasteiger partial charge < -0.3 is 30.1 Å². The molecule has 1 fully saturated rings. The normalized spacial score (nSPS) is 20.1. The molecule has 4 N–H and O–H groups in total. The van der Waals surface area contributed by atoms with Crippen LogP contribution in [0, 0.1) is 0 Å². The number of aliphatic hydroxyl groups is 2. The molecular formula is C43H62N5O8P. The van der Waals surface area contributed by atoms with Gasteiger partial charge in [-0.3, -0.25) is 14.1 Å². The number of aliphatic hydroxyl groups excluding tert-OH is 2. The molecule has 1 aliphatic heterocycles. The number of amides is 1. The quantitative estimate of drug-likeness (QED) is 0.0550. The van der Waals surface area contributed by atoms with Crippen molar-refractivity contribution in [2.75, 3.05) is 32.9 Å². The molecule has 1 aromatic carbocycles. The van der Waals surface area contributed by atoms with Gasteiger partial charge >= 0.3 is 7.60 Å². The summed E-state index contributed by atoms with van der Waals surface area (Å²) in [5.74, 6) is -0.524. The van der Waals surface area contributed by atoms with Gasteiger partial charge in [-0.2, -0.15) is 0 Å². The Bertz CT molecular complexity index is 1690. The molecule has 1 aliphatic rings. The molecule has 3 rings (SSSR count). The number of allylic oxidation sites excluding steroid dienone is 12. The first-order valence-electron chi connectivity index (χ1n) is 19.9. The zero-order valence-electron chi connectivity index (χ0n) is 33.5. The summed E-state index contributed by atoms with van der Waals surface area (Å²) in [5.41, 5.74) is 5.21. The van der Waals surface area contributed by atoms with Gasteiger partial charge in [-0.15, -0.1) is 5.10 Å². The number of Topliss-reactive ketones (excluding diaryl/α,β-unsaturated/α-hetero) is 1. The van der Waals surface area contributed by atoms with Crippen LogP contribution in [0.15, 0.2) is 110 Å². The van der Waals surface area contributed by atoms with Gasteiger partial charge in [0, 0.05) is 12.8 Å². The van der Waals surface area contributed by atoms with E-state index in [1.807, 2.05) is 13.1 Å². The fourth-order valence-corrected chi connectivity index (χ4v) is 7.38. The summed E-state index contributed by atoms with van der Waals surface area (Å²) in [6.45, 7) is 3.10. The predicted molar refractivity (Wildman–Crippen MR) is 224 cm³/mol. The molecule has 312 valence electrons. The molecule has 1 aromatic heterocycles. The van der Waals surface area contributed by atoms with Crippen LogP contribution in [0.3, 0.4) is 0 Å². The van der Waals surface area contributed by atoms with Crippen molar-refractivity contribution in [1.29, 1.82) is 0 Å². The Morgan fingerprint density at radius 3 is 2.02 bits per heavy atom. The molecule has 14 heteroatoms. The summed E-state index contributed by atoms with van der Waals surface area (Å²) in [7, 11) is -1.80. The van der Waals surface area contributed by atoms with E-state index < -0.39 is 38.0 Å². The second kappa shape index (κ2) is 27.4. The molecule has 1 saturated heterocycles. The van der Waals surface area contributed by atoms with Gasteiger partial charge in [-0.1, -0.05) is 98.0 Å². The summed E-state index contributed by atoms with van der Waals surface area (Å²) >= 11 is 0. The van der Waals surface area contributed by atoms with E-state index >= 15 is 0 Å². The van der Waals surface area contributed by atoms with Crippen molar-refractivity contribution in [2.24, 2.45) is 5.73 Å². The van der Waals surface area contributed by atoms with E-state index in [9.17, 15) is 24.4 Å². The van der Waals surface area contributed by atoms with E-state index in [-0.39, 0.29) is 24.4 Å². The fraction of sp³-hybridized carbons (Fsp3) is 0.488. The van der Waals surface area contributed by atoms with Crippen LogP contribution in [0.4, 0.5) is 0 Å². The number of nitrogens with zero attached hydrogens (tertiary/aromatic N) is 4. The number of benzene rings is 1. The summed E-state index contributed by atoms with van der Waals surface area (Å²) in [5, 5.41) is 25.1. The average Bonchev–Trinajstić information content (AvgIpc) is 3.80. The average molecular weight is 808 g/mol. The van der Waals surface area contributed by atoms with Gasteiger partial charge in [0.05, 0.1) is 12.8 Å². The van der Waals surface area contributed by atoms with E-state index in [4.69, 9.17) is 19.5 Å². The second-order valence-electron chi connectivity index (χ2n) is 13.7. The lowest BCUT2D eigenvalue weighted by Crippen LogP contribution is -2.34. The molecule has 0 bridgehead atoms. The Morgan fingerprint density at radius 1 is 0.860 bits per heavy atom. The molecule has 0 aliphatic carbocycles. The number of ketones is 1. The largest absolute Gasteiger partial charge is 0.424 e. The van der Waals surface area contributed by atoms with Crippen LogP contribution in [0.2, 0.25) is 0 Å². The smallest absolute Gasteiger partial charge is 0.379 e. The number of carbonyl (C=O) groups excluding carboxylic acids is 2. The van der Waals surface area contributed by atoms with Gasteiger partial charge in [-0.25, -0.2) is 14.2 Å². The van der Waals surface area contributed by atoms with Crippen molar-refractivity contribution < 1.29 is 38.2 Å². The van der Waals surface area contributed by atoms with E-state index in [0.29, 0.717) is 38.1 Å². The predicted octanol–water partition coefficient (Wildman–Crippen LogP) is 7.43. The molecule has 1 amide bonds. The third-order valence-corrected chi connectivity index (χ3v) is 10.8. The van der Waals surface area contributed by atoms with Gasteiger partial charge in [-0.05, 0) is 90.1 Å². The molecule has 57 heavy (non-hydrogen) atoms. The number of hydrogen-bond donors (Lipinski definition) is 3. The van der Waals surface area contributed by atoms with E-state index in [0.717, 1.165) is 62.4 Å². The lowest BCUT2D eigenvalue weighted by atomic mass is 10.1. The van der Waals surface area contributed by atoms with Gasteiger partial charge in [0.2, 0.25) is 5.82 Å². The highest BCUT2D eigenvalue weighted by Crippen LogP contribution is 2.49. The molecular weight excluding hydrogens is 745 g/mol. The van der Waals surface area contributed by atoms with Crippen LogP contribution >= 0.6 is 7.60 Å². The van der Waals surface area contributed by atoms with E-state index in [2.05, 4.69) is 94.8 Å². The maximum Gasteiger partial charge on any atom is 0.379 e. The maximum atomic E-state index is 13.9. The minimum Gasteiger partial charge on any atom is -0.424 e. The molecule has 2 heterocycles. The molecule has 0 radical (unpaired) electrons. The highest BCUT2D eigenvalue weighted by molar-refractivity contribution is 7.54. The maximum absolute atomic E-state index is 13.9. The van der Waals surface area contributed by atoms with Crippen molar-refractivity contribution in [1.82, 2.24) is 19.7 Å². The van der Waals surface area contributed by atoms with Crippen LogP contribution in [-0.2, 0) is 18.6 Å². The minimum absolute atomic E-state index is 0.0803. The Balaban J connectivity index is 1.30. The SMILES string of the molecule is CC/C=C\C/C=C\C/C=C\C/C=C\C/C=C\C/C=C\CCC(=O)CCCN(C)CCCP(=O)(OCC1O[C@@H](n2cnc(C(N)=O)n2)[C@H](O)[C@@H]1O)Oc1ccccc1. The summed E-state index contributed by atoms with van der Waals surface area (Å²) < 4.78 is 32.5. The van der Waals surface area contributed by atoms with Crippen molar-refractivity contribution >= 4 is 19.3 Å². The third kappa shape index (κ3) is 19.2. The Kier molecular flexibility index (Phi) is 22.7. The second-order valence-corrected chi connectivity index (χ2v) is 15.9. The van der Waals surface area contributed by atoms with Crippen molar-refractivity contribution in [2.45, 2.75) is 102 Å².